The van der Waals surface area contributed by atoms with E-state index in [0.717, 1.165) is 16.7 Å². The van der Waals surface area contributed by atoms with Gasteiger partial charge in [0.15, 0.2) is 11.5 Å². The zero-order chi connectivity index (χ0) is 22.8. The SMILES string of the molecule is COC(=O)C1=C(C)Nc2nnnn2C1c1cc(Br)c(OCc2ccccc2C)c(OC)c1. The van der Waals surface area contributed by atoms with Crippen LogP contribution in [-0.4, -0.2) is 40.4 Å². The number of ether oxygens (including phenoxy) is 3. The zero-order valence-corrected chi connectivity index (χ0v) is 19.6. The van der Waals surface area contributed by atoms with Crippen LogP contribution in [0.4, 0.5) is 5.95 Å². The average Bonchev–Trinajstić information content (AvgIpc) is 3.25. The van der Waals surface area contributed by atoms with E-state index in [-0.39, 0.29) is 0 Å². The van der Waals surface area contributed by atoms with Gasteiger partial charge in [0.1, 0.15) is 12.6 Å². The number of aromatic nitrogens is 4. The van der Waals surface area contributed by atoms with E-state index in [1.54, 1.807) is 14.0 Å². The van der Waals surface area contributed by atoms with Crippen LogP contribution >= 0.6 is 15.9 Å². The van der Waals surface area contributed by atoms with Gasteiger partial charge < -0.3 is 19.5 Å². The molecule has 0 saturated carbocycles. The maximum atomic E-state index is 12.6. The van der Waals surface area contributed by atoms with Crippen LogP contribution in [0.2, 0.25) is 0 Å². The van der Waals surface area contributed by atoms with Gasteiger partial charge >= 0.3 is 5.97 Å². The summed E-state index contributed by atoms with van der Waals surface area (Å²) >= 11 is 3.60. The number of anilines is 1. The Labute approximate surface area is 193 Å². The van der Waals surface area contributed by atoms with Crippen LogP contribution in [0.25, 0.3) is 0 Å². The number of carbonyl (C=O) groups excluding carboxylic acids is 1. The van der Waals surface area contributed by atoms with Crippen LogP contribution < -0.4 is 14.8 Å². The lowest BCUT2D eigenvalue weighted by Crippen LogP contribution is -2.29. The molecule has 1 aliphatic heterocycles. The number of aryl methyl sites for hydroxylation is 1. The third-order valence-corrected chi connectivity index (χ3v) is 5.91. The van der Waals surface area contributed by atoms with Crippen molar-refractivity contribution in [2.24, 2.45) is 0 Å². The molecule has 32 heavy (non-hydrogen) atoms. The summed E-state index contributed by atoms with van der Waals surface area (Å²) < 4.78 is 19.0. The normalized spacial score (nSPS) is 15.1. The van der Waals surface area contributed by atoms with Gasteiger partial charge in [0.2, 0.25) is 5.95 Å². The second-order valence-electron chi connectivity index (χ2n) is 7.25. The Morgan fingerprint density at radius 2 is 2.00 bits per heavy atom. The smallest absolute Gasteiger partial charge is 0.338 e. The van der Waals surface area contributed by atoms with Gasteiger partial charge in [0.05, 0.1) is 24.3 Å². The molecule has 4 rings (SSSR count). The zero-order valence-electron chi connectivity index (χ0n) is 18.0. The van der Waals surface area contributed by atoms with E-state index in [4.69, 9.17) is 14.2 Å². The summed E-state index contributed by atoms with van der Waals surface area (Å²) in [7, 11) is 2.91. The third-order valence-electron chi connectivity index (χ3n) is 5.32. The first-order chi connectivity index (χ1) is 15.4. The topological polar surface area (TPSA) is 100 Å². The summed E-state index contributed by atoms with van der Waals surface area (Å²) in [4.78, 5) is 12.6. The molecule has 0 saturated heterocycles. The summed E-state index contributed by atoms with van der Waals surface area (Å²) in [6, 6.07) is 11.1. The number of hydrogen-bond donors (Lipinski definition) is 1. The van der Waals surface area contributed by atoms with Gasteiger partial charge in [-0.2, -0.15) is 4.68 Å². The molecule has 0 fully saturated rings. The van der Waals surface area contributed by atoms with Crippen molar-refractivity contribution in [2.75, 3.05) is 19.5 Å². The number of hydrogen-bond acceptors (Lipinski definition) is 8. The molecule has 166 valence electrons. The molecule has 0 aliphatic carbocycles. The molecule has 10 heteroatoms. The predicted molar refractivity (Wildman–Crippen MR) is 120 cm³/mol. The number of rotatable bonds is 6. The molecular formula is C22H22BrN5O4. The first-order valence-electron chi connectivity index (χ1n) is 9.83. The number of carbonyl (C=O) groups is 1. The lowest BCUT2D eigenvalue weighted by atomic mass is 9.95. The Bertz CT molecular complexity index is 1210. The molecule has 0 radical (unpaired) electrons. The van der Waals surface area contributed by atoms with Crippen molar-refractivity contribution in [3.05, 3.63) is 68.8 Å². The summed E-state index contributed by atoms with van der Waals surface area (Å²) in [5.74, 6) is 1.02. The van der Waals surface area contributed by atoms with Crippen LogP contribution in [0, 0.1) is 6.92 Å². The standard InChI is InChI=1S/C22H22BrN5O4/c1-12-7-5-6-8-14(12)11-32-20-16(23)9-15(10-17(20)30-3)19-18(21(29)31-4)13(2)24-22-25-26-27-28(19)22/h5-10,19H,11H2,1-4H3,(H,24,25,27). The quantitative estimate of drug-likeness (QED) is 0.511. The minimum absolute atomic E-state index is 0.387. The fourth-order valence-electron chi connectivity index (χ4n) is 3.65. The highest BCUT2D eigenvalue weighted by atomic mass is 79.9. The maximum Gasteiger partial charge on any atom is 0.338 e. The Balaban J connectivity index is 1.75. The Morgan fingerprint density at radius 1 is 1.22 bits per heavy atom. The molecule has 1 aliphatic rings. The van der Waals surface area contributed by atoms with Gasteiger partial charge in [-0.1, -0.05) is 29.4 Å². The highest BCUT2D eigenvalue weighted by molar-refractivity contribution is 9.10. The number of nitrogens with zero attached hydrogens (tertiary/aromatic N) is 4. The first kappa shape index (κ1) is 21.8. The molecule has 1 N–H and O–H groups in total. The molecule has 0 amide bonds. The average molecular weight is 500 g/mol. The molecule has 2 heterocycles. The van der Waals surface area contributed by atoms with Gasteiger partial charge in [-0.25, -0.2) is 4.79 Å². The minimum Gasteiger partial charge on any atom is -0.493 e. The fourth-order valence-corrected chi connectivity index (χ4v) is 4.23. The van der Waals surface area contributed by atoms with E-state index in [1.807, 2.05) is 43.3 Å². The van der Waals surface area contributed by atoms with Crippen molar-refractivity contribution in [1.29, 1.82) is 0 Å². The van der Waals surface area contributed by atoms with E-state index in [9.17, 15) is 4.79 Å². The highest BCUT2D eigenvalue weighted by Crippen LogP contribution is 2.42. The molecule has 0 spiro atoms. The number of halogens is 1. The van der Waals surface area contributed by atoms with Gasteiger partial charge in [-0.05, 0) is 69.0 Å². The van der Waals surface area contributed by atoms with E-state index in [1.165, 1.54) is 11.8 Å². The molecular weight excluding hydrogens is 478 g/mol. The highest BCUT2D eigenvalue weighted by Gasteiger charge is 2.35. The van der Waals surface area contributed by atoms with Crippen molar-refractivity contribution in [3.63, 3.8) is 0 Å². The third kappa shape index (κ3) is 3.93. The molecule has 3 aromatic rings. The Kier molecular flexibility index (Phi) is 6.13. The van der Waals surface area contributed by atoms with E-state index < -0.39 is 12.0 Å². The maximum absolute atomic E-state index is 12.6. The fraction of sp³-hybridized carbons (Fsp3) is 0.273. The largest absolute Gasteiger partial charge is 0.493 e. The van der Waals surface area contributed by atoms with Gasteiger partial charge in [0, 0.05) is 5.70 Å². The number of methoxy groups -OCH3 is 2. The molecule has 1 aromatic heterocycles. The summed E-state index contributed by atoms with van der Waals surface area (Å²) in [5, 5.41) is 14.8. The second-order valence-corrected chi connectivity index (χ2v) is 8.11. The number of nitrogens with one attached hydrogen (secondary N) is 1. The van der Waals surface area contributed by atoms with Crippen LogP contribution in [0.1, 0.15) is 29.7 Å². The van der Waals surface area contributed by atoms with Crippen LogP contribution in [0.5, 0.6) is 11.5 Å². The summed E-state index contributed by atoms with van der Waals surface area (Å²) in [6.45, 7) is 4.21. The van der Waals surface area contributed by atoms with Gasteiger partial charge in [-0.3, -0.25) is 0 Å². The lowest BCUT2D eigenvalue weighted by molar-refractivity contribution is -0.136. The van der Waals surface area contributed by atoms with E-state index in [2.05, 4.69) is 36.8 Å². The number of fused-ring (bicyclic) bond motifs is 1. The van der Waals surface area contributed by atoms with E-state index in [0.29, 0.717) is 39.8 Å². The van der Waals surface area contributed by atoms with Crippen LogP contribution in [0.15, 0.2) is 52.1 Å². The Morgan fingerprint density at radius 3 is 2.72 bits per heavy atom. The molecule has 9 nitrogen and oxygen atoms in total. The monoisotopic (exact) mass is 499 g/mol. The number of esters is 1. The number of allylic oxidation sites excluding steroid dienone is 1. The summed E-state index contributed by atoms with van der Waals surface area (Å²) in [6.07, 6.45) is 0. The molecule has 1 unspecified atom stereocenters. The summed E-state index contributed by atoms with van der Waals surface area (Å²) in [5.41, 5.74) is 3.96. The van der Waals surface area contributed by atoms with Crippen molar-refractivity contribution in [1.82, 2.24) is 20.2 Å². The lowest BCUT2D eigenvalue weighted by Gasteiger charge is -2.27. The Hall–Kier alpha value is -3.40. The van der Waals surface area contributed by atoms with Gasteiger partial charge in [0.25, 0.3) is 0 Å². The predicted octanol–water partition coefficient (Wildman–Crippen LogP) is 3.79. The van der Waals surface area contributed by atoms with E-state index >= 15 is 0 Å². The van der Waals surface area contributed by atoms with Crippen LogP contribution in [0.3, 0.4) is 0 Å². The van der Waals surface area contributed by atoms with Crippen LogP contribution in [-0.2, 0) is 16.1 Å². The molecule has 1 atom stereocenters. The first-order valence-corrected chi connectivity index (χ1v) is 10.6. The van der Waals surface area contributed by atoms with Crippen molar-refractivity contribution in [2.45, 2.75) is 26.5 Å². The van der Waals surface area contributed by atoms with Crippen molar-refractivity contribution >= 4 is 27.8 Å². The number of tetrazole rings is 1. The second kappa shape index (κ2) is 8.99. The van der Waals surface area contributed by atoms with Crippen molar-refractivity contribution < 1.29 is 19.0 Å². The molecule has 2 aromatic carbocycles. The van der Waals surface area contributed by atoms with Crippen molar-refractivity contribution in [3.8, 4) is 11.5 Å². The molecule has 0 bridgehead atoms. The van der Waals surface area contributed by atoms with Gasteiger partial charge in [-0.15, -0.1) is 0 Å². The minimum atomic E-state index is -0.607. The number of benzene rings is 2.